The van der Waals surface area contributed by atoms with Gasteiger partial charge in [-0.1, -0.05) is 188 Å². The number of para-hydroxylation sites is 7. The average molecular weight is 1020 g/mol. The molecule has 12 aromatic carbocycles. The van der Waals surface area contributed by atoms with E-state index < -0.39 is 0 Å². The van der Waals surface area contributed by atoms with Gasteiger partial charge in [-0.3, -0.25) is 0 Å². The summed E-state index contributed by atoms with van der Waals surface area (Å²) in [5.41, 5.74) is 19.0. The highest BCUT2D eigenvalue weighted by Crippen LogP contribution is 2.49. The first-order valence-corrected chi connectivity index (χ1v) is 27.4. The molecule has 370 valence electrons. The van der Waals surface area contributed by atoms with Crippen LogP contribution in [0.15, 0.2) is 255 Å². The van der Waals surface area contributed by atoms with Gasteiger partial charge in [0, 0.05) is 43.6 Å². The zero-order valence-electron chi connectivity index (χ0n) is 42.9. The van der Waals surface area contributed by atoms with Gasteiger partial charge in [0.15, 0.2) is 11.5 Å². The molecule has 6 nitrogen and oxygen atoms in total. The second kappa shape index (κ2) is 16.5. The first-order valence-electron chi connectivity index (χ1n) is 27.4. The van der Waals surface area contributed by atoms with Gasteiger partial charge >= 0.3 is 0 Å². The van der Waals surface area contributed by atoms with Crippen molar-refractivity contribution in [1.29, 1.82) is 0 Å². The molecule has 0 bridgehead atoms. The Labute approximate surface area is 461 Å². The van der Waals surface area contributed by atoms with Crippen molar-refractivity contribution in [2.75, 3.05) is 0 Å². The van der Waals surface area contributed by atoms with Crippen LogP contribution in [0.5, 0.6) is 46.0 Å². The third-order valence-electron chi connectivity index (χ3n) is 17.2. The number of nitrogens with zero attached hydrogens (tertiary/aromatic N) is 2. The van der Waals surface area contributed by atoms with Crippen molar-refractivity contribution in [1.82, 2.24) is 9.13 Å². The van der Waals surface area contributed by atoms with E-state index in [9.17, 15) is 0 Å². The van der Waals surface area contributed by atoms with E-state index in [1.807, 2.05) is 0 Å². The molecule has 0 unspecified atom stereocenters. The number of hydrogen-bond donors (Lipinski definition) is 0. The Morgan fingerprint density at radius 3 is 1.15 bits per heavy atom. The molecule has 0 N–H and O–H groups in total. The third kappa shape index (κ3) is 6.10. The highest BCUT2D eigenvalue weighted by molar-refractivity contribution is 6.99. The minimum atomic E-state index is -0.247. The Morgan fingerprint density at radius 2 is 0.625 bits per heavy atom. The fraction of sp³-hybridized carbons (Fsp3) is 0. The van der Waals surface area contributed by atoms with Gasteiger partial charge < -0.3 is 28.1 Å². The first-order chi connectivity index (χ1) is 39.7. The van der Waals surface area contributed by atoms with Crippen molar-refractivity contribution in [3.63, 3.8) is 0 Å². The predicted molar refractivity (Wildman–Crippen MR) is 327 cm³/mol. The topological polar surface area (TPSA) is 46.8 Å². The summed E-state index contributed by atoms with van der Waals surface area (Å²) in [6, 6.07) is 91.0. The van der Waals surface area contributed by atoms with Gasteiger partial charge in [-0.2, -0.15) is 0 Å². The maximum Gasteiger partial charge on any atom is 0.260 e. The lowest BCUT2D eigenvalue weighted by Crippen LogP contribution is -2.57. The molecule has 80 heavy (non-hydrogen) atoms. The van der Waals surface area contributed by atoms with Crippen LogP contribution in [0.1, 0.15) is 0 Å². The summed E-state index contributed by atoms with van der Waals surface area (Å²) in [7, 11) is 0. The molecule has 4 aliphatic heterocycles. The Kier molecular flexibility index (Phi) is 9.03. The van der Waals surface area contributed by atoms with E-state index in [4.69, 9.17) is 18.9 Å². The summed E-state index contributed by atoms with van der Waals surface area (Å²) in [4.78, 5) is 0. The Bertz CT molecular complexity index is 4750. The molecule has 0 saturated heterocycles. The van der Waals surface area contributed by atoms with E-state index in [1.54, 1.807) is 0 Å². The lowest BCUT2D eigenvalue weighted by Gasteiger charge is -2.36. The van der Waals surface area contributed by atoms with Gasteiger partial charge in [0.25, 0.3) is 13.4 Å². The van der Waals surface area contributed by atoms with E-state index in [1.165, 1.54) is 21.5 Å². The van der Waals surface area contributed by atoms with Crippen molar-refractivity contribution >= 4 is 89.8 Å². The minimum absolute atomic E-state index is 0.0813. The second-order valence-electron chi connectivity index (χ2n) is 21.4. The van der Waals surface area contributed by atoms with Crippen molar-refractivity contribution < 1.29 is 18.9 Å². The Hall–Kier alpha value is -10.4. The van der Waals surface area contributed by atoms with Crippen LogP contribution in [0.2, 0.25) is 0 Å². The van der Waals surface area contributed by atoms with E-state index >= 15 is 0 Å². The normalized spacial score (nSPS) is 13.1. The molecule has 4 aliphatic rings. The quantitative estimate of drug-likeness (QED) is 0.161. The smallest absolute Gasteiger partial charge is 0.260 e. The molecule has 0 aliphatic carbocycles. The minimum Gasteiger partial charge on any atom is -0.458 e. The van der Waals surface area contributed by atoms with Crippen molar-refractivity contribution in [2.24, 2.45) is 0 Å². The monoisotopic (exact) mass is 1020 g/mol. The van der Waals surface area contributed by atoms with Gasteiger partial charge in [-0.25, -0.2) is 0 Å². The molecular weight excluding hydrogens is 978 g/mol. The molecule has 0 spiro atoms. The lowest BCUT2D eigenvalue weighted by atomic mass is 9.34. The van der Waals surface area contributed by atoms with Crippen LogP contribution in [-0.4, -0.2) is 22.6 Å². The third-order valence-corrected chi connectivity index (χ3v) is 17.2. The fourth-order valence-electron chi connectivity index (χ4n) is 13.8. The maximum absolute atomic E-state index is 7.49. The second-order valence-corrected chi connectivity index (χ2v) is 21.4. The summed E-state index contributed by atoms with van der Waals surface area (Å²) in [5, 5.41) is 4.72. The summed E-state index contributed by atoms with van der Waals surface area (Å²) in [6.45, 7) is -0.328. The van der Waals surface area contributed by atoms with E-state index in [-0.39, 0.29) is 13.4 Å². The number of hydrogen-bond acceptors (Lipinski definition) is 4. The largest absolute Gasteiger partial charge is 0.458 e. The Balaban J connectivity index is 0.861. The average Bonchev–Trinajstić information content (AvgIpc) is 3.60. The summed E-state index contributed by atoms with van der Waals surface area (Å²) >= 11 is 0. The Morgan fingerprint density at radius 1 is 0.250 bits per heavy atom. The standard InChI is InChI=1S/C72H42B2N2O4/c1-2-19-43(20-3-1)51-41-52(70-67-69(51)77-63-34-15-8-27-53(63)73(67)54-28-9-16-35-64(54)78-70)46-22-18-21-44(39-46)45-37-38-66-56(40-45)74-55-29-10-17-36-65(55)79-71-61(75-57-30-11-4-23-47(57)48-24-5-12-31-58(48)75)42-62(72(80-66)68(71)74)76-59-32-13-6-25-49(59)50-26-7-14-33-60(50)76/h1-42H. The number of ether oxygens (including phenoxy) is 4. The van der Waals surface area contributed by atoms with E-state index in [0.717, 1.165) is 146 Å². The fourth-order valence-corrected chi connectivity index (χ4v) is 13.8. The van der Waals surface area contributed by atoms with Crippen molar-refractivity contribution in [3.8, 4) is 90.8 Å². The number of aromatic nitrogens is 2. The predicted octanol–water partition coefficient (Wildman–Crippen LogP) is 14.3. The first kappa shape index (κ1) is 43.6. The van der Waals surface area contributed by atoms with Crippen molar-refractivity contribution in [3.05, 3.63) is 255 Å². The van der Waals surface area contributed by atoms with Crippen LogP contribution in [0.3, 0.4) is 0 Å². The van der Waals surface area contributed by atoms with E-state index in [0.29, 0.717) is 0 Å². The molecular formula is C72H42B2N2O4. The maximum atomic E-state index is 7.49. The summed E-state index contributed by atoms with van der Waals surface area (Å²) in [5.74, 6) is 6.55. The summed E-state index contributed by atoms with van der Waals surface area (Å²) in [6.07, 6.45) is 0. The molecule has 8 heteroatoms. The molecule has 0 atom stereocenters. The van der Waals surface area contributed by atoms with Gasteiger partial charge in [0.05, 0.1) is 33.4 Å². The molecule has 0 saturated carbocycles. The van der Waals surface area contributed by atoms with Crippen LogP contribution in [0.4, 0.5) is 0 Å². The van der Waals surface area contributed by atoms with Crippen molar-refractivity contribution in [2.45, 2.75) is 0 Å². The van der Waals surface area contributed by atoms with E-state index in [2.05, 4.69) is 264 Å². The highest BCUT2D eigenvalue weighted by Gasteiger charge is 2.45. The van der Waals surface area contributed by atoms with Gasteiger partial charge in [0.1, 0.15) is 34.5 Å². The van der Waals surface area contributed by atoms with Gasteiger partial charge in [-0.15, -0.1) is 0 Å². The highest BCUT2D eigenvalue weighted by atomic mass is 16.5. The number of fused-ring (bicyclic) bond motifs is 14. The SMILES string of the molecule is c1ccc(-c2cc(-c3cccc(-c4ccc5c(c4)B4c6ccccc6Oc6c(-n7c8ccccc8c8ccccc87)cc(-n7c8ccccc8c8ccccc87)c(c64)O5)c3)c3c4c2Oc2ccccc2B4c2ccccc2O3)cc1. The molecule has 0 fully saturated rings. The van der Waals surface area contributed by atoms with Crippen LogP contribution in [0.25, 0.3) is 88.4 Å². The molecule has 0 radical (unpaired) electrons. The van der Waals surface area contributed by atoms with Crippen LogP contribution >= 0.6 is 0 Å². The summed E-state index contributed by atoms with van der Waals surface area (Å²) < 4.78 is 33.7. The van der Waals surface area contributed by atoms with Crippen LogP contribution < -0.4 is 51.7 Å². The molecule has 6 heterocycles. The zero-order chi connectivity index (χ0) is 52.2. The lowest BCUT2D eigenvalue weighted by molar-refractivity contribution is 0.462. The molecule has 14 aromatic rings. The molecule has 0 amide bonds. The zero-order valence-corrected chi connectivity index (χ0v) is 42.9. The van der Waals surface area contributed by atoms with Crippen LogP contribution in [-0.2, 0) is 0 Å². The number of benzene rings is 12. The molecule has 2 aromatic heterocycles. The van der Waals surface area contributed by atoms with Gasteiger partial charge in [0.2, 0.25) is 0 Å². The van der Waals surface area contributed by atoms with Crippen LogP contribution in [0, 0.1) is 0 Å². The number of rotatable bonds is 5. The molecule has 18 rings (SSSR count). The van der Waals surface area contributed by atoms with Gasteiger partial charge in [-0.05, 0) is 111 Å².